The second-order valence-electron chi connectivity index (χ2n) is 6.17. The Hall–Kier alpha value is -1.45. The lowest BCUT2D eigenvalue weighted by atomic mass is 10.1. The maximum absolute atomic E-state index is 5.93. The van der Waals surface area contributed by atoms with Gasteiger partial charge < -0.3 is 14.5 Å². The molecule has 0 aliphatic heterocycles. The van der Waals surface area contributed by atoms with Crippen molar-refractivity contribution in [3.63, 3.8) is 0 Å². The summed E-state index contributed by atoms with van der Waals surface area (Å²) in [5, 5.41) is 4.11. The van der Waals surface area contributed by atoms with E-state index in [0.29, 0.717) is 18.2 Å². The topological polar surface area (TPSA) is 34.4 Å². The Kier molecular flexibility index (Phi) is 4.96. The van der Waals surface area contributed by atoms with Crippen molar-refractivity contribution in [2.75, 3.05) is 0 Å². The van der Waals surface area contributed by atoms with Crippen molar-refractivity contribution >= 4 is 11.6 Å². The predicted molar refractivity (Wildman–Crippen MR) is 85.8 cm³/mol. The molecule has 2 aromatic rings. The van der Waals surface area contributed by atoms with Gasteiger partial charge in [0.1, 0.15) is 23.9 Å². The molecule has 0 fully saturated rings. The van der Waals surface area contributed by atoms with Crippen molar-refractivity contribution in [1.82, 2.24) is 5.32 Å². The zero-order valence-corrected chi connectivity index (χ0v) is 13.8. The van der Waals surface area contributed by atoms with Crippen LogP contribution in [0.25, 0.3) is 0 Å². The minimum absolute atomic E-state index is 0.0733. The lowest BCUT2D eigenvalue weighted by Gasteiger charge is -2.19. The molecule has 0 atom stereocenters. The number of hydrogen-bond acceptors (Lipinski definition) is 3. The highest BCUT2D eigenvalue weighted by Gasteiger charge is 2.10. The number of rotatable bonds is 5. The van der Waals surface area contributed by atoms with E-state index in [1.165, 1.54) is 0 Å². The lowest BCUT2D eigenvalue weighted by Crippen LogP contribution is -2.34. The molecular formula is C17H22ClNO2. The van der Waals surface area contributed by atoms with Gasteiger partial charge in [-0.05, 0) is 63.6 Å². The minimum atomic E-state index is 0.0733. The number of ether oxygens (including phenoxy) is 1. The molecule has 0 unspecified atom stereocenters. The molecule has 21 heavy (non-hydrogen) atoms. The molecular weight excluding hydrogens is 286 g/mol. The van der Waals surface area contributed by atoms with Gasteiger partial charge in [-0.1, -0.05) is 11.6 Å². The third-order valence-electron chi connectivity index (χ3n) is 3.02. The van der Waals surface area contributed by atoms with E-state index in [9.17, 15) is 0 Å². The summed E-state index contributed by atoms with van der Waals surface area (Å²) in [5.74, 6) is 2.55. The second kappa shape index (κ2) is 6.54. The van der Waals surface area contributed by atoms with Crippen LogP contribution in [-0.4, -0.2) is 5.54 Å². The molecule has 4 heteroatoms. The molecule has 1 N–H and O–H groups in total. The van der Waals surface area contributed by atoms with Crippen molar-refractivity contribution < 1.29 is 9.15 Å². The molecule has 0 saturated carbocycles. The van der Waals surface area contributed by atoms with Crippen LogP contribution in [0.1, 0.15) is 37.9 Å². The third kappa shape index (κ3) is 5.10. The zero-order valence-electron chi connectivity index (χ0n) is 13.0. The second-order valence-corrected chi connectivity index (χ2v) is 6.61. The van der Waals surface area contributed by atoms with Gasteiger partial charge in [0.05, 0.1) is 6.54 Å². The van der Waals surface area contributed by atoms with Gasteiger partial charge in [-0.25, -0.2) is 0 Å². The number of nitrogens with one attached hydrogen (secondary N) is 1. The van der Waals surface area contributed by atoms with E-state index in [1.54, 1.807) is 0 Å². The van der Waals surface area contributed by atoms with Crippen LogP contribution in [0.3, 0.4) is 0 Å². The first kappa shape index (κ1) is 15.9. The Morgan fingerprint density at radius 2 is 1.86 bits per heavy atom. The van der Waals surface area contributed by atoms with Crippen molar-refractivity contribution in [1.29, 1.82) is 0 Å². The molecule has 3 nitrogen and oxygen atoms in total. The molecule has 2 rings (SSSR count). The summed E-state index contributed by atoms with van der Waals surface area (Å²) >= 11 is 5.93. The van der Waals surface area contributed by atoms with Crippen LogP contribution in [0, 0.1) is 6.92 Å². The number of hydrogen-bond donors (Lipinski definition) is 1. The average Bonchev–Trinajstić information content (AvgIpc) is 2.82. The van der Waals surface area contributed by atoms with Crippen LogP contribution in [0.15, 0.2) is 34.7 Å². The highest BCUT2D eigenvalue weighted by atomic mass is 35.5. The van der Waals surface area contributed by atoms with Crippen LogP contribution in [0.4, 0.5) is 0 Å². The van der Waals surface area contributed by atoms with Crippen molar-refractivity contribution in [2.45, 2.75) is 46.4 Å². The molecule has 1 aromatic heterocycles. The highest BCUT2D eigenvalue weighted by Crippen LogP contribution is 2.23. The van der Waals surface area contributed by atoms with E-state index in [1.807, 2.05) is 37.3 Å². The van der Waals surface area contributed by atoms with Gasteiger partial charge in [0, 0.05) is 10.6 Å². The predicted octanol–water partition coefficient (Wildman–Crippen LogP) is 4.71. The first-order chi connectivity index (χ1) is 9.83. The van der Waals surface area contributed by atoms with Gasteiger partial charge in [0.25, 0.3) is 0 Å². The SMILES string of the molecule is Cc1cc(Cl)ccc1OCc1ccc(CNC(C)(C)C)o1. The molecule has 1 heterocycles. The van der Waals surface area contributed by atoms with Gasteiger partial charge in [0.15, 0.2) is 0 Å². The summed E-state index contributed by atoms with van der Waals surface area (Å²) in [6.45, 7) is 9.49. The minimum Gasteiger partial charge on any atom is -0.485 e. The van der Waals surface area contributed by atoms with E-state index >= 15 is 0 Å². The highest BCUT2D eigenvalue weighted by molar-refractivity contribution is 6.30. The van der Waals surface area contributed by atoms with Crippen molar-refractivity contribution in [3.05, 3.63) is 52.4 Å². The van der Waals surface area contributed by atoms with Gasteiger partial charge >= 0.3 is 0 Å². The summed E-state index contributed by atoms with van der Waals surface area (Å²) in [7, 11) is 0. The van der Waals surface area contributed by atoms with Crippen LogP contribution in [0.2, 0.25) is 5.02 Å². The smallest absolute Gasteiger partial charge is 0.146 e. The van der Waals surface area contributed by atoms with Crippen LogP contribution < -0.4 is 10.1 Å². The molecule has 0 aliphatic rings. The summed E-state index contributed by atoms with van der Waals surface area (Å²) in [4.78, 5) is 0. The van der Waals surface area contributed by atoms with Crippen LogP contribution in [0.5, 0.6) is 5.75 Å². The Balaban J connectivity index is 1.90. The van der Waals surface area contributed by atoms with E-state index in [-0.39, 0.29) is 5.54 Å². The molecule has 0 radical (unpaired) electrons. The maximum atomic E-state index is 5.93. The van der Waals surface area contributed by atoms with Gasteiger partial charge in [0.2, 0.25) is 0 Å². The summed E-state index contributed by atoms with van der Waals surface area (Å²) in [5.41, 5.74) is 1.09. The van der Waals surface area contributed by atoms with Gasteiger partial charge in [-0.2, -0.15) is 0 Å². The van der Waals surface area contributed by atoms with Gasteiger partial charge in [-0.15, -0.1) is 0 Å². The average molecular weight is 308 g/mol. The number of benzene rings is 1. The fourth-order valence-electron chi connectivity index (χ4n) is 1.87. The molecule has 0 amide bonds. The largest absolute Gasteiger partial charge is 0.485 e. The van der Waals surface area contributed by atoms with Gasteiger partial charge in [-0.3, -0.25) is 0 Å². The zero-order chi connectivity index (χ0) is 15.5. The fraction of sp³-hybridized carbons (Fsp3) is 0.412. The van der Waals surface area contributed by atoms with Crippen molar-refractivity contribution in [2.24, 2.45) is 0 Å². The summed E-state index contributed by atoms with van der Waals surface area (Å²) < 4.78 is 11.5. The van der Waals surface area contributed by atoms with Crippen LogP contribution in [-0.2, 0) is 13.2 Å². The standard InChI is InChI=1S/C17H22ClNO2/c1-12-9-13(18)5-8-16(12)20-11-15-7-6-14(21-15)10-19-17(2,3)4/h5-9,19H,10-11H2,1-4H3. The molecule has 0 aliphatic carbocycles. The summed E-state index contributed by atoms with van der Waals surface area (Å²) in [6.07, 6.45) is 0. The van der Waals surface area contributed by atoms with E-state index in [4.69, 9.17) is 20.8 Å². The number of aryl methyl sites for hydroxylation is 1. The van der Waals surface area contributed by atoms with E-state index in [0.717, 1.165) is 22.8 Å². The Morgan fingerprint density at radius 3 is 2.52 bits per heavy atom. The third-order valence-corrected chi connectivity index (χ3v) is 3.25. The molecule has 0 spiro atoms. The maximum Gasteiger partial charge on any atom is 0.146 e. The van der Waals surface area contributed by atoms with E-state index < -0.39 is 0 Å². The van der Waals surface area contributed by atoms with Crippen LogP contribution >= 0.6 is 11.6 Å². The fourth-order valence-corrected chi connectivity index (χ4v) is 2.10. The molecule has 1 aromatic carbocycles. The van der Waals surface area contributed by atoms with E-state index in [2.05, 4.69) is 26.1 Å². The Morgan fingerprint density at radius 1 is 1.14 bits per heavy atom. The van der Waals surface area contributed by atoms with Crippen molar-refractivity contribution in [3.8, 4) is 5.75 Å². The summed E-state index contributed by atoms with van der Waals surface area (Å²) in [6, 6.07) is 9.52. The normalized spacial score (nSPS) is 11.7. The first-order valence-corrected chi connectivity index (χ1v) is 7.43. The lowest BCUT2D eigenvalue weighted by molar-refractivity contribution is 0.261. The number of furan rings is 1. The first-order valence-electron chi connectivity index (χ1n) is 7.05. The Bertz CT molecular complexity index is 599. The molecule has 114 valence electrons. The quantitative estimate of drug-likeness (QED) is 0.868. The monoisotopic (exact) mass is 307 g/mol. The molecule has 0 saturated heterocycles. The number of halogens is 1. The molecule has 0 bridgehead atoms. The Labute approximate surface area is 131 Å².